The lowest BCUT2D eigenvalue weighted by Crippen LogP contribution is -2.67. The van der Waals surface area contributed by atoms with Gasteiger partial charge in [-0.15, -0.1) is 17.6 Å². The van der Waals surface area contributed by atoms with Gasteiger partial charge in [-0.05, 0) is 0 Å². The largest absolute Gasteiger partial charge is 0.743 e. The molecular formula is C7HF15O5S. The minimum atomic E-state index is -7.90. The van der Waals surface area contributed by atoms with E-state index in [9.17, 15) is 78.8 Å². The Kier molecular flexibility index (Phi) is 6.36. The third kappa shape index (κ3) is 4.50. The molecule has 0 fully saturated rings. The van der Waals surface area contributed by atoms with Crippen LogP contribution in [-0.2, 0) is 14.9 Å². The second kappa shape index (κ2) is 6.65. The highest BCUT2D eigenvalue weighted by Gasteiger charge is 2.87. The predicted molar refractivity (Wildman–Crippen MR) is 48.7 cm³/mol. The predicted octanol–water partition coefficient (Wildman–Crippen LogP) is 3.24. The normalized spacial score (nSPS) is 18.1. The van der Waals surface area contributed by atoms with Gasteiger partial charge in [0.1, 0.15) is 0 Å². The van der Waals surface area contributed by atoms with Gasteiger partial charge in [0.25, 0.3) is 0 Å². The molecule has 0 aliphatic carbocycles. The molecule has 0 saturated heterocycles. The first-order valence-corrected chi connectivity index (χ1v) is 6.80. The fourth-order valence-corrected chi connectivity index (χ4v) is 1.32. The van der Waals surface area contributed by atoms with Crippen LogP contribution in [-0.4, -0.2) is 59.5 Å². The van der Waals surface area contributed by atoms with Gasteiger partial charge < -0.3 is 9.29 Å². The molecule has 0 aromatic carbocycles. The van der Waals surface area contributed by atoms with Crippen molar-refractivity contribution < 1.29 is 88.3 Å². The number of alkyl halides is 15. The highest BCUT2D eigenvalue weighted by atomic mass is 32.2. The number of ether oxygens (including phenoxy) is 2. The summed E-state index contributed by atoms with van der Waals surface area (Å²) in [5, 5.41) is -7.43. The van der Waals surface area contributed by atoms with Gasteiger partial charge in [-0.2, -0.15) is 48.3 Å². The number of hydrogen-bond donors (Lipinski definition) is 0. The molecule has 0 bridgehead atoms. The Bertz CT molecular complexity index is 678. The molecule has 0 spiro atoms. The number of halogens is 15. The van der Waals surface area contributed by atoms with Crippen LogP contribution >= 0.6 is 0 Å². The van der Waals surface area contributed by atoms with Crippen LogP contribution in [0.1, 0.15) is 0 Å². The van der Waals surface area contributed by atoms with Gasteiger partial charge in [0.2, 0.25) is 0 Å². The molecule has 0 aliphatic rings. The molecule has 0 radical (unpaired) electrons. The molecule has 28 heavy (non-hydrogen) atoms. The van der Waals surface area contributed by atoms with E-state index < -0.39 is 51.9 Å². The molecule has 1 unspecified atom stereocenters. The molecule has 0 amide bonds. The first kappa shape index (κ1) is 26.8. The van der Waals surface area contributed by atoms with Gasteiger partial charge >= 0.3 is 41.8 Å². The first-order chi connectivity index (χ1) is 11.7. The molecule has 0 aromatic rings. The number of aliphatic hydroxyl groups is 2. The zero-order chi connectivity index (χ0) is 23.4. The molecule has 1 N–H and O–H groups in total. The van der Waals surface area contributed by atoms with Crippen LogP contribution in [0.4, 0.5) is 65.9 Å². The maximum atomic E-state index is 13.4. The molecule has 170 valence electrons. The molecule has 0 aliphatic heterocycles. The SMILES string of the molecule is O=S(=O)([O-])C(F)(F)C(F)(F)OC(F)(C(F)(F)F)C(F)(F)[OH+]C(F)(F)C(F)(F)F. The highest BCUT2D eigenvalue weighted by molar-refractivity contribution is 7.86. The Morgan fingerprint density at radius 1 is 0.643 bits per heavy atom. The van der Waals surface area contributed by atoms with Gasteiger partial charge in [-0.3, -0.25) is 4.74 Å². The summed E-state index contributed by atoms with van der Waals surface area (Å²) in [6.45, 7) is 0. The molecule has 5 nitrogen and oxygen atoms in total. The first-order valence-electron chi connectivity index (χ1n) is 5.39. The quantitative estimate of drug-likeness (QED) is 0.317. The molecule has 0 rings (SSSR count). The summed E-state index contributed by atoms with van der Waals surface area (Å²) in [5.74, 6) is -7.90. The van der Waals surface area contributed by atoms with E-state index in [0.29, 0.717) is 0 Å². The van der Waals surface area contributed by atoms with E-state index in [1.807, 2.05) is 0 Å². The topological polar surface area (TPSA) is 79.2 Å². The summed E-state index contributed by atoms with van der Waals surface area (Å²) in [6.07, 6.45) is -37.7. The van der Waals surface area contributed by atoms with Gasteiger partial charge in [0.15, 0.2) is 10.1 Å². The van der Waals surface area contributed by atoms with Crippen LogP contribution in [0.2, 0.25) is 0 Å². The van der Waals surface area contributed by atoms with E-state index in [-0.39, 0.29) is 4.74 Å². The van der Waals surface area contributed by atoms with Crippen molar-refractivity contribution in [2.24, 2.45) is 0 Å². The van der Waals surface area contributed by atoms with Crippen molar-refractivity contribution in [1.29, 1.82) is 0 Å². The maximum absolute atomic E-state index is 13.4. The van der Waals surface area contributed by atoms with Gasteiger partial charge in [-0.1, -0.05) is 0 Å². The third-order valence-electron chi connectivity index (χ3n) is 2.30. The van der Waals surface area contributed by atoms with E-state index in [2.05, 4.69) is 0 Å². The lowest BCUT2D eigenvalue weighted by atomic mass is 10.2. The average molecular weight is 482 g/mol. The minimum Gasteiger partial charge on any atom is -0.743 e. The van der Waals surface area contributed by atoms with E-state index in [4.69, 9.17) is 0 Å². The lowest BCUT2D eigenvalue weighted by Gasteiger charge is -2.36. The van der Waals surface area contributed by atoms with E-state index in [0.717, 1.165) is 0 Å². The fourth-order valence-electron chi connectivity index (χ4n) is 0.983. The summed E-state index contributed by atoms with van der Waals surface area (Å²) >= 11 is 0. The average Bonchev–Trinajstić information content (AvgIpc) is 2.31. The van der Waals surface area contributed by atoms with Gasteiger partial charge in [0, 0.05) is 0 Å². The molecule has 0 saturated carbocycles. The van der Waals surface area contributed by atoms with Crippen LogP contribution < -0.4 is 0 Å². The van der Waals surface area contributed by atoms with Gasteiger partial charge in [-0.25, -0.2) is 8.42 Å². The van der Waals surface area contributed by atoms with E-state index in [1.165, 1.54) is 4.74 Å². The summed E-state index contributed by atoms with van der Waals surface area (Å²) < 4.78 is 218. The van der Waals surface area contributed by atoms with E-state index in [1.54, 1.807) is 0 Å². The highest BCUT2D eigenvalue weighted by Crippen LogP contribution is 2.54. The minimum absolute atomic E-state index is 0.238. The van der Waals surface area contributed by atoms with Crippen molar-refractivity contribution in [1.82, 2.24) is 0 Å². The second-order valence-electron chi connectivity index (χ2n) is 4.37. The van der Waals surface area contributed by atoms with Crippen LogP contribution in [0.25, 0.3) is 0 Å². The standard InChI is InChI=1S/C7HF15O5S/c8-1(2(9,10)11,4(15,16)27-5(17,18)3(12,13)14)26-6(19,20)7(21,22)28(23,24)25/h(H,23,24,25). The van der Waals surface area contributed by atoms with Crippen LogP contribution in [0, 0.1) is 0 Å². The molecular weight excluding hydrogens is 481 g/mol. The fraction of sp³-hybridized carbons (Fsp3) is 1.00. The zero-order valence-corrected chi connectivity index (χ0v) is 12.5. The molecule has 1 atom stereocenters. The van der Waals surface area contributed by atoms with Crippen molar-refractivity contribution >= 4 is 10.1 Å². The van der Waals surface area contributed by atoms with Crippen molar-refractivity contribution in [3.63, 3.8) is 0 Å². The molecule has 0 heterocycles. The van der Waals surface area contributed by atoms with Crippen molar-refractivity contribution in [3.8, 4) is 0 Å². The Labute approximate surface area is 141 Å². The Morgan fingerprint density at radius 3 is 1.25 bits per heavy atom. The molecule has 0 aromatic heterocycles. The number of hydrogen-bond acceptors (Lipinski definition) is 4. The summed E-state index contributed by atoms with van der Waals surface area (Å²) in [6, 6.07) is 0. The van der Waals surface area contributed by atoms with Gasteiger partial charge in [0.05, 0.1) is 0 Å². The zero-order valence-electron chi connectivity index (χ0n) is 11.7. The van der Waals surface area contributed by atoms with Crippen molar-refractivity contribution in [2.45, 2.75) is 41.8 Å². The summed E-state index contributed by atoms with van der Waals surface area (Å²) in [5.41, 5.74) is 0. The van der Waals surface area contributed by atoms with Crippen LogP contribution in [0.5, 0.6) is 0 Å². The lowest BCUT2D eigenvalue weighted by molar-refractivity contribution is -0.597. The smallest absolute Gasteiger partial charge is 0.575 e. The second-order valence-corrected chi connectivity index (χ2v) is 5.80. The van der Waals surface area contributed by atoms with Crippen molar-refractivity contribution in [2.75, 3.05) is 0 Å². The Hall–Kier alpha value is -1.22. The summed E-state index contributed by atoms with van der Waals surface area (Å²) in [7, 11) is -7.78. The Balaban J connectivity index is 6.45. The monoisotopic (exact) mass is 482 g/mol. The number of rotatable bonds is 7. The van der Waals surface area contributed by atoms with E-state index >= 15 is 0 Å². The Morgan fingerprint density at radius 2 is 1.00 bits per heavy atom. The third-order valence-corrected chi connectivity index (χ3v) is 3.16. The van der Waals surface area contributed by atoms with Crippen molar-refractivity contribution in [3.05, 3.63) is 0 Å². The van der Waals surface area contributed by atoms with Crippen LogP contribution in [0.3, 0.4) is 0 Å². The molecule has 21 heteroatoms. The summed E-state index contributed by atoms with van der Waals surface area (Å²) in [4.78, 5) is 0. The van der Waals surface area contributed by atoms with Crippen LogP contribution in [0.15, 0.2) is 0 Å². The maximum Gasteiger partial charge on any atom is 0.575 e.